The Morgan fingerprint density at radius 3 is 2.67 bits per heavy atom. The van der Waals surface area contributed by atoms with Gasteiger partial charge in [-0.3, -0.25) is 19.7 Å². The highest BCUT2D eigenvalue weighted by molar-refractivity contribution is 5.96. The normalized spacial score (nSPS) is 9.76. The fourth-order valence-corrected chi connectivity index (χ4v) is 1.68. The topological polar surface area (TPSA) is 110 Å². The number of nitrogens with zero attached hydrogens (tertiary/aromatic N) is 2. The number of benzene rings is 1. The highest BCUT2D eigenvalue weighted by Crippen LogP contribution is 2.27. The maximum Gasteiger partial charge on any atom is 0.323 e. The first-order chi connectivity index (χ1) is 9.90. The molecule has 0 aliphatic carbocycles. The smallest absolute Gasteiger partial charge is 0.323 e. The second-order valence-corrected chi connectivity index (χ2v) is 4.01. The number of amides is 1. The van der Waals surface area contributed by atoms with Gasteiger partial charge in [-0.2, -0.15) is 0 Å². The molecule has 0 aliphatic heterocycles. The number of methoxy groups -OCH3 is 1. The van der Waals surface area contributed by atoms with Gasteiger partial charge in [-0.1, -0.05) is 6.08 Å². The van der Waals surface area contributed by atoms with E-state index in [2.05, 4.69) is 6.58 Å². The Hall–Kier alpha value is -2.90. The number of hydrogen-bond acceptors (Lipinski definition) is 5. The Kier molecular flexibility index (Phi) is 5.41. The van der Waals surface area contributed by atoms with E-state index < -0.39 is 23.3 Å². The van der Waals surface area contributed by atoms with Crippen LogP contribution in [0.25, 0.3) is 0 Å². The first-order valence-corrected chi connectivity index (χ1v) is 5.85. The minimum Gasteiger partial charge on any atom is -0.490 e. The van der Waals surface area contributed by atoms with Crippen molar-refractivity contribution in [1.29, 1.82) is 0 Å². The van der Waals surface area contributed by atoms with Crippen LogP contribution in [0.1, 0.15) is 10.4 Å². The van der Waals surface area contributed by atoms with E-state index in [0.717, 1.165) is 11.0 Å². The molecule has 8 nitrogen and oxygen atoms in total. The number of nitro benzene ring substituents is 1. The molecule has 0 spiro atoms. The molecule has 1 rings (SSSR count). The number of carbonyl (C=O) groups is 2. The molecule has 0 fully saturated rings. The van der Waals surface area contributed by atoms with Crippen LogP contribution in [0.3, 0.4) is 0 Å². The van der Waals surface area contributed by atoms with Gasteiger partial charge in [0.25, 0.3) is 5.91 Å². The van der Waals surface area contributed by atoms with Crippen molar-refractivity contribution in [3.8, 4) is 5.75 Å². The van der Waals surface area contributed by atoms with E-state index in [9.17, 15) is 19.7 Å². The minimum absolute atomic E-state index is 0.0461. The zero-order valence-electron chi connectivity index (χ0n) is 11.3. The fraction of sp³-hybridized carbons (Fsp3) is 0.231. The predicted molar refractivity (Wildman–Crippen MR) is 73.4 cm³/mol. The lowest BCUT2D eigenvalue weighted by atomic mass is 10.1. The average molecular weight is 294 g/mol. The van der Waals surface area contributed by atoms with Crippen LogP contribution in [0, 0.1) is 10.1 Å². The van der Waals surface area contributed by atoms with E-state index in [1.165, 1.54) is 25.3 Å². The highest BCUT2D eigenvalue weighted by atomic mass is 16.6. The standard InChI is InChI=1S/C13H14N2O6/c1-3-6-14(8-12(16)17)13(18)9-4-5-10(15(19)20)11(7-9)21-2/h3-5,7H,1,6,8H2,2H3,(H,16,17). The van der Waals surface area contributed by atoms with Crippen molar-refractivity contribution in [3.05, 3.63) is 46.5 Å². The van der Waals surface area contributed by atoms with Crippen LogP contribution in [0.15, 0.2) is 30.9 Å². The van der Waals surface area contributed by atoms with E-state index in [-0.39, 0.29) is 23.5 Å². The summed E-state index contributed by atoms with van der Waals surface area (Å²) in [6.45, 7) is 3.00. The molecule has 0 saturated carbocycles. The maximum atomic E-state index is 12.2. The molecular formula is C13H14N2O6. The summed E-state index contributed by atoms with van der Waals surface area (Å²) < 4.78 is 4.87. The first-order valence-electron chi connectivity index (χ1n) is 5.85. The summed E-state index contributed by atoms with van der Waals surface area (Å²) >= 11 is 0. The Morgan fingerprint density at radius 1 is 1.52 bits per heavy atom. The summed E-state index contributed by atoms with van der Waals surface area (Å²) in [5.74, 6) is -1.82. The zero-order valence-corrected chi connectivity index (χ0v) is 11.3. The summed E-state index contributed by atoms with van der Waals surface area (Å²) in [5.41, 5.74) is -0.178. The van der Waals surface area contributed by atoms with Gasteiger partial charge in [0, 0.05) is 24.2 Å². The second kappa shape index (κ2) is 7.04. The number of aliphatic carboxylic acids is 1. The lowest BCUT2D eigenvalue weighted by molar-refractivity contribution is -0.385. The molecule has 1 aromatic carbocycles. The van der Waals surface area contributed by atoms with Crippen LogP contribution in [-0.2, 0) is 4.79 Å². The molecule has 21 heavy (non-hydrogen) atoms. The highest BCUT2D eigenvalue weighted by Gasteiger charge is 2.21. The molecule has 0 bridgehead atoms. The van der Waals surface area contributed by atoms with E-state index in [4.69, 9.17) is 9.84 Å². The predicted octanol–water partition coefficient (Wildman–Crippen LogP) is 1.32. The first kappa shape index (κ1) is 16.2. The summed E-state index contributed by atoms with van der Waals surface area (Å²) in [4.78, 5) is 34.2. The number of carbonyl (C=O) groups excluding carboxylic acids is 1. The third-order valence-electron chi connectivity index (χ3n) is 2.59. The molecule has 0 atom stereocenters. The van der Waals surface area contributed by atoms with Crippen LogP contribution >= 0.6 is 0 Å². The van der Waals surface area contributed by atoms with E-state index in [1.54, 1.807) is 0 Å². The van der Waals surface area contributed by atoms with Gasteiger partial charge in [0.1, 0.15) is 6.54 Å². The van der Waals surface area contributed by atoms with Gasteiger partial charge < -0.3 is 14.7 Å². The Labute approximate surface area is 120 Å². The molecule has 8 heteroatoms. The van der Waals surface area contributed by atoms with E-state index in [1.807, 2.05) is 0 Å². The average Bonchev–Trinajstić information content (AvgIpc) is 2.44. The minimum atomic E-state index is -1.17. The number of hydrogen-bond donors (Lipinski definition) is 1. The number of carboxylic acid groups (broad SMARTS) is 1. The number of rotatable bonds is 7. The van der Waals surface area contributed by atoms with Crippen LogP contribution in [0.2, 0.25) is 0 Å². The van der Waals surface area contributed by atoms with Gasteiger partial charge in [-0.25, -0.2) is 0 Å². The SMILES string of the molecule is C=CCN(CC(=O)O)C(=O)c1ccc([N+](=O)[O-])c(OC)c1. The Morgan fingerprint density at radius 2 is 2.19 bits per heavy atom. The van der Waals surface area contributed by atoms with Gasteiger partial charge in [-0.15, -0.1) is 6.58 Å². The van der Waals surface area contributed by atoms with Gasteiger partial charge in [0.15, 0.2) is 5.75 Å². The number of carboxylic acids is 1. The molecule has 0 aliphatic rings. The van der Waals surface area contributed by atoms with Gasteiger partial charge in [-0.05, 0) is 6.07 Å². The second-order valence-electron chi connectivity index (χ2n) is 4.01. The van der Waals surface area contributed by atoms with Gasteiger partial charge in [0.05, 0.1) is 12.0 Å². The largest absolute Gasteiger partial charge is 0.490 e. The Balaban J connectivity index is 3.13. The monoisotopic (exact) mass is 294 g/mol. The third kappa shape index (κ3) is 4.03. The molecule has 0 aromatic heterocycles. The number of nitro groups is 1. The molecule has 0 saturated heterocycles. The molecule has 1 aromatic rings. The lowest BCUT2D eigenvalue weighted by Gasteiger charge is -2.19. The van der Waals surface area contributed by atoms with Crippen LogP contribution in [-0.4, -0.2) is 47.0 Å². The maximum absolute atomic E-state index is 12.2. The molecule has 0 unspecified atom stereocenters. The van der Waals surface area contributed by atoms with Crippen molar-refractivity contribution in [2.75, 3.05) is 20.2 Å². The summed E-state index contributed by atoms with van der Waals surface area (Å²) in [6.07, 6.45) is 1.39. The van der Waals surface area contributed by atoms with Crippen LogP contribution in [0.5, 0.6) is 5.75 Å². The van der Waals surface area contributed by atoms with Crippen molar-refractivity contribution in [3.63, 3.8) is 0 Å². The summed E-state index contributed by atoms with van der Waals surface area (Å²) in [5, 5.41) is 19.6. The van der Waals surface area contributed by atoms with E-state index in [0.29, 0.717) is 0 Å². The molecule has 1 N–H and O–H groups in total. The molecule has 0 radical (unpaired) electrons. The molecule has 112 valence electrons. The zero-order chi connectivity index (χ0) is 16.0. The number of ether oxygens (including phenoxy) is 1. The quantitative estimate of drug-likeness (QED) is 0.461. The molecular weight excluding hydrogens is 280 g/mol. The van der Waals surface area contributed by atoms with Crippen LogP contribution in [0.4, 0.5) is 5.69 Å². The lowest BCUT2D eigenvalue weighted by Crippen LogP contribution is -2.35. The van der Waals surface area contributed by atoms with Crippen molar-refractivity contribution in [2.24, 2.45) is 0 Å². The van der Waals surface area contributed by atoms with Crippen molar-refractivity contribution in [1.82, 2.24) is 4.90 Å². The van der Waals surface area contributed by atoms with Gasteiger partial charge in [0.2, 0.25) is 0 Å². The van der Waals surface area contributed by atoms with Crippen molar-refractivity contribution in [2.45, 2.75) is 0 Å². The summed E-state index contributed by atoms with van der Waals surface area (Å²) in [6, 6.07) is 3.60. The van der Waals surface area contributed by atoms with E-state index >= 15 is 0 Å². The fourth-order valence-electron chi connectivity index (χ4n) is 1.68. The Bertz CT molecular complexity index is 584. The molecule has 0 heterocycles. The van der Waals surface area contributed by atoms with Crippen molar-refractivity contribution < 1.29 is 24.4 Å². The van der Waals surface area contributed by atoms with Crippen molar-refractivity contribution >= 4 is 17.6 Å². The molecule has 1 amide bonds. The third-order valence-corrected chi connectivity index (χ3v) is 2.59. The van der Waals surface area contributed by atoms with Gasteiger partial charge >= 0.3 is 11.7 Å². The summed E-state index contributed by atoms with van der Waals surface area (Å²) in [7, 11) is 1.25. The van der Waals surface area contributed by atoms with Crippen LogP contribution < -0.4 is 4.74 Å².